The molecule has 4 heteroatoms. The lowest BCUT2D eigenvalue weighted by molar-refractivity contribution is 0.0745. The molecule has 1 aromatic heterocycles. The van der Waals surface area contributed by atoms with E-state index in [4.69, 9.17) is 4.74 Å². The smallest absolute Gasteiger partial charge is 0.254 e. The highest BCUT2D eigenvalue weighted by molar-refractivity contribution is 6.08. The number of carbonyl (C=O) groups excluding carboxylic acids is 1. The van der Waals surface area contributed by atoms with Crippen molar-refractivity contribution in [1.82, 2.24) is 9.47 Å². The van der Waals surface area contributed by atoms with E-state index >= 15 is 0 Å². The van der Waals surface area contributed by atoms with Gasteiger partial charge in [0, 0.05) is 47.0 Å². The van der Waals surface area contributed by atoms with Crippen molar-refractivity contribution < 1.29 is 9.53 Å². The predicted molar refractivity (Wildman–Crippen MR) is 143 cm³/mol. The SMILES string of the molecule is CCn1c2ccccc2c2cc(CN(CCc3ccccc3)C(=O)c3cccc(OC)c3)ccc21. The van der Waals surface area contributed by atoms with E-state index in [9.17, 15) is 4.79 Å². The lowest BCUT2D eigenvalue weighted by Gasteiger charge is -2.23. The molecular formula is C31H30N2O2. The summed E-state index contributed by atoms with van der Waals surface area (Å²) in [4.78, 5) is 15.6. The molecule has 0 bridgehead atoms. The highest BCUT2D eigenvalue weighted by Gasteiger charge is 2.18. The van der Waals surface area contributed by atoms with Crippen LogP contribution in [-0.4, -0.2) is 29.0 Å². The second kappa shape index (κ2) is 10.1. The van der Waals surface area contributed by atoms with Gasteiger partial charge in [0.15, 0.2) is 0 Å². The Balaban J connectivity index is 1.49. The number of rotatable bonds is 8. The van der Waals surface area contributed by atoms with Gasteiger partial charge in [-0.2, -0.15) is 0 Å². The first-order chi connectivity index (χ1) is 17.2. The number of hydrogen-bond donors (Lipinski definition) is 0. The van der Waals surface area contributed by atoms with Crippen LogP contribution in [0.15, 0.2) is 97.1 Å². The number of amides is 1. The molecule has 1 heterocycles. The van der Waals surface area contributed by atoms with Crippen molar-refractivity contribution in [1.29, 1.82) is 0 Å². The Kier molecular flexibility index (Phi) is 6.53. The zero-order chi connectivity index (χ0) is 24.2. The summed E-state index contributed by atoms with van der Waals surface area (Å²) in [6.07, 6.45) is 0.800. The molecule has 0 atom stereocenters. The van der Waals surface area contributed by atoms with Gasteiger partial charge in [0.2, 0.25) is 0 Å². The maximum atomic E-state index is 13.6. The third-order valence-electron chi connectivity index (χ3n) is 6.64. The van der Waals surface area contributed by atoms with Crippen LogP contribution in [0.2, 0.25) is 0 Å². The summed E-state index contributed by atoms with van der Waals surface area (Å²) >= 11 is 0. The van der Waals surface area contributed by atoms with Crippen molar-refractivity contribution in [3.8, 4) is 5.75 Å². The summed E-state index contributed by atoms with van der Waals surface area (Å²) in [7, 11) is 1.62. The van der Waals surface area contributed by atoms with E-state index in [1.54, 1.807) is 7.11 Å². The largest absolute Gasteiger partial charge is 0.497 e. The van der Waals surface area contributed by atoms with E-state index in [1.807, 2.05) is 47.4 Å². The summed E-state index contributed by atoms with van der Waals surface area (Å²) < 4.78 is 7.71. The van der Waals surface area contributed by atoms with E-state index in [1.165, 1.54) is 27.4 Å². The molecule has 0 aliphatic heterocycles. The Bertz CT molecular complexity index is 1470. The molecule has 0 saturated heterocycles. The number of para-hydroxylation sites is 1. The van der Waals surface area contributed by atoms with Gasteiger partial charge in [-0.25, -0.2) is 0 Å². The second-order valence-corrected chi connectivity index (χ2v) is 8.81. The van der Waals surface area contributed by atoms with E-state index < -0.39 is 0 Å². The predicted octanol–water partition coefficient (Wildman–Crippen LogP) is 6.71. The summed E-state index contributed by atoms with van der Waals surface area (Å²) in [6, 6.07) is 32.9. The van der Waals surface area contributed by atoms with E-state index in [0.717, 1.165) is 18.5 Å². The van der Waals surface area contributed by atoms with Crippen molar-refractivity contribution >= 4 is 27.7 Å². The van der Waals surface area contributed by atoms with Gasteiger partial charge in [0.05, 0.1) is 7.11 Å². The number of aromatic nitrogens is 1. The van der Waals surface area contributed by atoms with Gasteiger partial charge in [-0.15, -0.1) is 0 Å². The van der Waals surface area contributed by atoms with E-state index in [2.05, 4.69) is 66.1 Å². The average molecular weight is 463 g/mol. The van der Waals surface area contributed by atoms with Crippen molar-refractivity contribution in [3.63, 3.8) is 0 Å². The molecular weight excluding hydrogens is 432 g/mol. The number of fused-ring (bicyclic) bond motifs is 3. The molecule has 0 N–H and O–H groups in total. The molecule has 35 heavy (non-hydrogen) atoms. The normalized spacial score (nSPS) is 11.1. The third kappa shape index (κ3) is 4.65. The van der Waals surface area contributed by atoms with Gasteiger partial charge in [-0.3, -0.25) is 4.79 Å². The lowest BCUT2D eigenvalue weighted by atomic mass is 10.1. The van der Waals surface area contributed by atoms with Gasteiger partial charge in [-0.05, 0) is 60.9 Å². The molecule has 0 fully saturated rings. The molecule has 176 valence electrons. The van der Waals surface area contributed by atoms with Crippen molar-refractivity contribution in [3.05, 3.63) is 114 Å². The van der Waals surface area contributed by atoms with Crippen LogP contribution in [0.4, 0.5) is 0 Å². The molecule has 0 spiro atoms. The molecule has 1 amide bonds. The van der Waals surface area contributed by atoms with Crippen LogP contribution < -0.4 is 4.74 Å². The van der Waals surface area contributed by atoms with Gasteiger partial charge in [0.25, 0.3) is 5.91 Å². The first kappa shape index (κ1) is 22.7. The number of nitrogens with zero attached hydrogens (tertiary/aromatic N) is 2. The van der Waals surface area contributed by atoms with Gasteiger partial charge in [0.1, 0.15) is 5.75 Å². The lowest BCUT2D eigenvalue weighted by Crippen LogP contribution is -2.32. The fourth-order valence-electron chi connectivity index (χ4n) is 4.86. The average Bonchev–Trinajstić information content (AvgIpc) is 3.24. The van der Waals surface area contributed by atoms with E-state index in [-0.39, 0.29) is 5.91 Å². The Morgan fingerprint density at radius 2 is 1.57 bits per heavy atom. The van der Waals surface area contributed by atoms with Crippen LogP contribution in [0.3, 0.4) is 0 Å². The number of benzene rings is 4. The minimum atomic E-state index is 0.0101. The van der Waals surface area contributed by atoms with Crippen molar-refractivity contribution in [2.75, 3.05) is 13.7 Å². The molecule has 4 nitrogen and oxygen atoms in total. The fourth-order valence-corrected chi connectivity index (χ4v) is 4.86. The minimum absolute atomic E-state index is 0.0101. The highest BCUT2D eigenvalue weighted by Crippen LogP contribution is 2.30. The molecule has 0 unspecified atom stereocenters. The number of ether oxygens (including phenoxy) is 1. The standard InChI is InChI=1S/C31H30N2O2/c1-3-33-29-15-8-7-14-27(29)28-20-24(16-17-30(28)33)22-32(19-18-23-10-5-4-6-11-23)31(34)25-12-9-13-26(21-25)35-2/h4-17,20-21H,3,18-19,22H2,1-2H3. The van der Waals surface area contributed by atoms with Crippen molar-refractivity contribution in [2.24, 2.45) is 0 Å². The first-order valence-corrected chi connectivity index (χ1v) is 12.1. The number of hydrogen-bond acceptors (Lipinski definition) is 2. The minimum Gasteiger partial charge on any atom is -0.497 e. The van der Waals surface area contributed by atoms with Gasteiger partial charge >= 0.3 is 0 Å². The van der Waals surface area contributed by atoms with Crippen LogP contribution in [0.5, 0.6) is 5.75 Å². The quantitative estimate of drug-likeness (QED) is 0.257. The molecule has 5 rings (SSSR count). The molecule has 0 aliphatic rings. The molecule has 0 radical (unpaired) electrons. The van der Waals surface area contributed by atoms with E-state index in [0.29, 0.717) is 24.4 Å². The Hall–Kier alpha value is -4.05. The molecule has 0 aliphatic carbocycles. The van der Waals surface area contributed by atoms with Crippen molar-refractivity contribution in [2.45, 2.75) is 26.4 Å². The molecule has 0 saturated carbocycles. The zero-order valence-electron chi connectivity index (χ0n) is 20.3. The Labute approximate surface area is 206 Å². The van der Waals surface area contributed by atoms with Gasteiger partial charge < -0.3 is 14.2 Å². The van der Waals surface area contributed by atoms with Crippen LogP contribution >= 0.6 is 0 Å². The Morgan fingerprint density at radius 1 is 0.800 bits per heavy atom. The van der Waals surface area contributed by atoms with Crippen LogP contribution in [0.25, 0.3) is 21.8 Å². The zero-order valence-corrected chi connectivity index (χ0v) is 20.3. The maximum absolute atomic E-state index is 13.6. The topological polar surface area (TPSA) is 34.5 Å². The molecule has 4 aromatic carbocycles. The highest BCUT2D eigenvalue weighted by atomic mass is 16.5. The summed E-state index contributed by atoms with van der Waals surface area (Å²) in [5, 5.41) is 2.48. The van der Waals surface area contributed by atoms with Gasteiger partial charge in [-0.1, -0.05) is 60.7 Å². The van der Waals surface area contributed by atoms with Crippen LogP contribution in [-0.2, 0) is 19.5 Å². The number of methoxy groups -OCH3 is 1. The second-order valence-electron chi connectivity index (χ2n) is 8.81. The molecule has 5 aromatic rings. The monoisotopic (exact) mass is 462 g/mol. The summed E-state index contributed by atoms with van der Waals surface area (Å²) in [5.41, 5.74) is 5.46. The summed E-state index contributed by atoms with van der Waals surface area (Å²) in [5.74, 6) is 0.698. The fraction of sp³-hybridized carbons (Fsp3) is 0.194. The number of aryl methyl sites for hydroxylation is 1. The third-order valence-corrected chi connectivity index (χ3v) is 6.64. The first-order valence-electron chi connectivity index (χ1n) is 12.1. The maximum Gasteiger partial charge on any atom is 0.254 e. The summed E-state index contributed by atoms with van der Waals surface area (Å²) in [6.45, 7) is 4.28. The number of carbonyl (C=O) groups is 1. The Morgan fingerprint density at radius 3 is 2.37 bits per heavy atom. The van der Waals surface area contributed by atoms with Crippen LogP contribution in [0, 0.1) is 0 Å². The van der Waals surface area contributed by atoms with Crippen LogP contribution in [0.1, 0.15) is 28.4 Å².